The highest BCUT2D eigenvalue weighted by atomic mass is 16.4. The van der Waals surface area contributed by atoms with Crippen LogP contribution in [0.15, 0.2) is 33.7 Å². The molecule has 0 amide bonds. The van der Waals surface area contributed by atoms with E-state index in [1.807, 2.05) is 24.3 Å². The first-order valence-electron chi connectivity index (χ1n) is 9.32. The minimum atomic E-state index is 0.482. The fraction of sp³-hybridized carbons (Fsp3) is 0.579. The summed E-state index contributed by atoms with van der Waals surface area (Å²) in [7, 11) is 0. The van der Waals surface area contributed by atoms with Gasteiger partial charge in [-0.1, -0.05) is 38.8 Å². The lowest BCUT2D eigenvalue weighted by Crippen LogP contribution is -2.48. The Balaban J connectivity index is 1.34. The Morgan fingerprint density at radius 3 is 2.96 bits per heavy atom. The van der Waals surface area contributed by atoms with Gasteiger partial charge in [0.25, 0.3) is 0 Å². The summed E-state index contributed by atoms with van der Waals surface area (Å²) in [5.74, 6) is 3.16. The van der Waals surface area contributed by atoms with Gasteiger partial charge in [-0.05, 0) is 36.3 Å². The van der Waals surface area contributed by atoms with E-state index in [1.54, 1.807) is 0 Å². The maximum absolute atomic E-state index is 5.69. The number of fused-ring (bicyclic) bond motifs is 1. The van der Waals surface area contributed by atoms with Crippen LogP contribution in [0.25, 0.3) is 11.1 Å². The minimum Gasteiger partial charge on any atom is -0.423 e. The average Bonchev–Trinajstić information content (AvgIpc) is 3.03. The van der Waals surface area contributed by atoms with Crippen LogP contribution in [0.3, 0.4) is 0 Å². The molecule has 2 aromatic rings. The van der Waals surface area contributed by atoms with E-state index in [0.717, 1.165) is 48.0 Å². The van der Waals surface area contributed by atoms with Crippen molar-refractivity contribution in [3.8, 4) is 0 Å². The van der Waals surface area contributed by atoms with E-state index in [9.17, 15) is 0 Å². The number of para-hydroxylation sites is 2. The van der Waals surface area contributed by atoms with Gasteiger partial charge in [0.05, 0.1) is 13.3 Å². The highest BCUT2D eigenvalue weighted by Gasteiger charge is 2.29. The number of hydrogen-bond acceptors (Lipinski definition) is 6. The van der Waals surface area contributed by atoms with E-state index in [0.29, 0.717) is 12.7 Å². The van der Waals surface area contributed by atoms with E-state index in [-0.39, 0.29) is 0 Å². The average molecular weight is 341 g/mol. The van der Waals surface area contributed by atoms with Gasteiger partial charge in [-0.15, -0.1) is 0 Å². The Morgan fingerprint density at radius 1 is 1.28 bits per heavy atom. The van der Waals surface area contributed by atoms with Gasteiger partial charge in [0.2, 0.25) is 5.96 Å². The number of nitrogens with one attached hydrogen (secondary N) is 2. The number of aromatic nitrogens is 1. The second-order valence-electron chi connectivity index (χ2n) is 7.48. The zero-order valence-electron chi connectivity index (χ0n) is 15.0. The molecule has 1 aliphatic carbocycles. The summed E-state index contributed by atoms with van der Waals surface area (Å²) in [4.78, 5) is 11.4. The van der Waals surface area contributed by atoms with E-state index < -0.39 is 0 Å². The third-order valence-corrected chi connectivity index (χ3v) is 5.79. The molecule has 0 radical (unpaired) electrons. The summed E-state index contributed by atoms with van der Waals surface area (Å²) in [5.41, 5.74) is 1.63. The zero-order valence-corrected chi connectivity index (χ0v) is 15.0. The molecule has 2 heterocycles. The molecule has 0 saturated heterocycles. The van der Waals surface area contributed by atoms with E-state index >= 15 is 0 Å². The molecule has 6 nitrogen and oxygen atoms in total. The van der Waals surface area contributed by atoms with Crippen molar-refractivity contribution in [3.05, 3.63) is 24.3 Å². The summed E-state index contributed by atoms with van der Waals surface area (Å²) in [6.45, 7) is 7.45. The zero-order chi connectivity index (χ0) is 17.2. The van der Waals surface area contributed by atoms with Crippen molar-refractivity contribution < 1.29 is 4.42 Å². The van der Waals surface area contributed by atoms with Crippen molar-refractivity contribution in [2.75, 3.05) is 25.2 Å². The fourth-order valence-corrected chi connectivity index (χ4v) is 3.98. The van der Waals surface area contributed by atoms with Crippen LogP contribution < -0.4 is 10.6 Å². The number of aliphatic imine (C=N–C) groups is 1. The van der Waals surface area contributed by atoms with Crippen molar-refractivity contribution in [3.63, 3.8) is 0 Å². The largest absolute Gasteiger partial charge is 0.423 e. The van der Waals surface area contributed by atoms with Gasteiger partial charge in [0.15, 0.2) is 5.58 Å². The lowest BCUT2D eigenvalue weighted by Gasteiger charge is -2.38. The molecular weight excluding hydrogens is 314 g/mol. The van der Waals surface area contributed by atoms with Crippen LogP contribution in [-0.4, -0.2) is 35.7 Å². The second-order valence-corrected chi connectivity index (χ2v) is 7.48. The van der Waals surface area contributed by atoms with E-state index in [1.165, 1.54) is 19.3 Å². The summed E-state index contributed by atoms with van der Waals surface area (Å²) >= 11 is 0. The standard InChI is InChI=1S/C19H27N5O/c1-13-6-5-7-15(14(13)2)10-24-11-20-18(21-12-24)23-19-22-16-8-3-4-9-17(16)25-19/h3-4,8-9,13-15H,5-7,10-12H2,1-2H3,(H2,20,21,22,23). The molecule has 2 aliphatic rings. The number of benzene rings is 1. The van der Waals surface area contributed by atoms with Crippen molar-refractivity contribution >= 4 is 23.1 Å². The molecule has 0 spiro atoms. The van der Waals surface area contributed by atoms with E-state index in [4.69, 9.17) is 4.42 Å². The molecule has 0 bridgehead atoms. The first kappa shape index (κ1) is 16.4. The number of anilines is 1. The predicted molar refractivity (Wildman–Crippen MR) is 100 cm³/mol. The Hall–Kier alpha value is -2.08. The number of oxazole rings is 1. The lowest BCUT2D eigenvalue weighted by molar-refractivity contribution is 0.121. The van der Waals surface area contributed by atoms with Gasteiger partial charge in [0, 0.05) is 6.54 Å². The molecule has 1 aromatic heterocycles. The molecule has 134 valence electrons. The monoisotopic (exact) mass is 341 g/mol. The van der Waals surface area contributed by atoms with Crippen molar-refractivity contribution in [1.82, 2.24) is 15.2 Å². The van der Waals surface area contributed by atoms with Gasteiger partial charge in [-0.25, -0.2) is 4.99 Å². The molecule has 3 unspecified atom stereocenters. The smallest absolute Gasteiger partial charge is 0.302 e. The topological polar surface area (TPSA) is 65.7 Å². The molecular formula is C19H27N5O. The Morgan fingerprint density at radius 2 is 2.16 bits per heavy atom. The van der Waals surface area contributed by atoms with Crippen LogP contribution in [0.4, 0.5) is 6.01 Å². The SMILES string of the molecule is CC1CCCC(CN2CN=C(Nc3nc4ccccc4o3)NC2)C1C. The molecule has 2 N–H and O–H groups in total. The molecule has 6 heteroatoms. The Kier molecular flexibility index (Phi) is 4.61. The third-order valence-electron chi connectivity index (χ3n) is 5.79. The minimum absolute atomic E-state index is 0.482. The second kappa shape index (κ2) is 7.04. The van der Waals surface area contributed by atoms with Crippen LogP contribution in [-0.2, 0) is 0 Å². The van der Waals surface area contributed by atoms with Gasteiger partial charge >= 0.3 is 6.01 Å². The summed E-state index contributed by atoms with van der Waals surface area (Å²) in [5, 5.41) is 6.49. The van der Waals surface area contributed by atoms with Gasteiger partial charge in [-0.3, -0.25) is 10.2 Å². The first-order chi connectivity index (χ1) is 12.2. The third kappa shape index (κ3) is 3.63. The van der Waals surface area contributed by atoms with Gasteiger partial charge in [-0.2, -0.15) is 4.98 Å². The van der Waals surface area contributed by atoms with E-state index in [2.05, 4.69) is 39.4 Å². The molecule has 25 heavy (non-hydrogen) atoms. The number of hydrogen-bond donors (Lipinski definition) is 2. The molecule has 4 rings (SSSR count). The fourth-order valence-electron chi connectivity index (χ4n) is 3.98. The van der Waals surface area contributed by atoms with Crippen LogP contribution in [0.2, 0.25) is 0 Å². The van der Waals surface area contributed by atoms with Crippen LogP contribution in [0, 0.1) is 17.8 Å². The maximum atomic E-state index is 5.69. The Bertz CT molecular complexity index is 722. The number of nitrogens with zero attached hydrogens (tertiary/aromatic N) is 3. The predicted octanol–water partition coefficient (Wildman–Crippen LogP) is 3.49. The lowest BCUT2D eigenvalue weighted by atomic mass is 9.74. The van der Waals surface area contributed by atoms with Crippen molar-refractivity contribution in [2.24, 2.45) is 22.7 Å². The number of rotatable bonds is 3. The van der Waals surface area contributed by atoms with Crippen molar-refractivity contribution in [2.45, 2.75) is 33.1 Å². The number of guanidine groups is 1. The summed E-state index contributed by atoms with van der Waals surface area (Å²) in [6, 6.07) is 8.23. The van der Waals surface area contributed by atoms with Crippen LogP contribution >= 0.6 is 0 Å². The summed E-state index contributed by atoms with van der Waals surface area (Å²) in [6.07, 6.45) is 4.09. The van der Waals surface area contributed by atoms with Gasteiger partial charge in [0.1, 0.15) is 5.52 Å². The quantitative estimate of drug-likeness (QED) is 0.895. The normalized spacial score (nSPS) is 27.8. The first-order valence-corrected chi connectivity index (χ1v) is 9.32. The molecule has 1 fully saturated rings. The van der Waals surface area contributed by atoms with Crippen molar-refractivity contribution in [1.29, 1.82) is 0 Å². The van der Waals surface area contributed by atoms with Gasteiger partial charge < -0.3 is 9.73 Å². The van der Waals surface area contributed by atoms with Crippen LogP contribution in [0.1, 0.15) is 33.1 Å². The van der Waals surface area contributed by atoms with Crippen LogP contribution in [0.5, 0.6) is 0 Å². The molecule has 3 atom stereocenters. The molecule has 1 saturated carbocycles. The summed E-state index contributed by atoms with van der Waals surface area (Å²) < 4.78 is 5.69. The highest BCUT2D eigenvalue weighted by Crippen LogP contribution is 2.34. The maximum Gasteiger partial charge on any atom is 0.302 e. The molecule has 1 aromatic carbocycles. The molecule has 1 aliphatic heterocycles. The Labute approximate surface area is 148 Å². The highest BCUT2D eigenvalue weighted by molar-refractivity contribution is 5.93.